The molecule has 0 aliphatic carbocycles. The molecule has 1 heterocycles. The highest BCUT2D eigenvalue weighted by Gasteiger charge is 2.20. The number of fused-ring (bicyclic) bond motifs is 2. The lowest BCUT2D eigenvalue weighted by atomic mass is 10.0. The summed E-state index contributed by atoms with van der Waals surface area (Å²) >= 11 is 0. The maximum absolute atomic E-state index is 13.0. The van der Waals surface area contributed by atoms with Gasteiger partial charge >= 0.3 is 5.97 Å². The van der Waals surface area contributed by atoms with Crippen LogP contribution in [0.25, 0.3) is 21.9 Å². The Kier molecular flexibility index (Phi) is 5.06. The molecule has 0 saturated heterocycles. The van der Waals surface area contributed by atoms with Gasteiger partial charge in [0.15, 0.2) is 9.84 Å². The second-order valence-electron chi connectivity index (χ2n) is 6.48. The van der Waals surface area contributed by atoms with Gasteiger partial charge in [0.25, 0.3) is 0 Å². The van der Waals surface area contributed by atoms with Gasteiger partial charge in [0.1, 0.15) is 11.2 Å². The van der Waals surface area contributed by atoms with E-state index < -0.39 is 21.2 Å². The first kappa shape index (κ1) is 19.1. The summed E-state index contributed by atoms with van der Waals surface area (Å²) in [6, 6.07) is 7.02. The summed E-state index contributed by atoms with van der Waals surface area (Å²) in [5.41, 5.74) is 0.829. The highest BCUT2D eigenvalue weighted by molar-refractivity contribution is 7.91. The fourth-order valence-electron chi connectivity index (χ4n) is 3.15. The molecule has 0 radical (unpaired) electrons. The molecule has 0 amide bonds. The van der Waals surface area contributed by atoms with E-state index in [1.54, 1.807) is 13.0 Å². The van der Waals surface area contributed by atoms with Gasteiger partial charge < -0.3 is 9.52 Å². The number of sulfone groups is 1. The zero-order chi connectivity index (χ0) is 19.8. The zero-order valence-corrected chi connectivity index (χ0v) is 15.9. The summed E-state index contributed by atoms with van der Waals surface area (Å²) < 4.78 is 31.0. The van der Waals surface area contributed by atoms with E-state index in [4.69, 9.17) is 9.52 Å². The Hall–Kier alpha value is -2.67. The molecule has 1 aromatic heterocycles. The molecule has 7 heteroatoms. The summed E-state index contributed by atoms with van der Waals surface area (Å²) in [4.78, 5) is 24.3. The number of carbonyl (C=O) groups is 1. The minimum absolute atomic E-state index is 0.00779. The number of hydrogen-bond donors (Lipinski definition) is 1. The van der Waals surface area contributed by atoms with Crippen LogP contribution >= 0.6 is 0 Å². The Balaban J connectivity index is 2.42. The first-order valence-electron chi connectivity index (χ1n) is 8.78. The molecule has 0 saturated carbocycles. The van der Waals surface area contributed by atoms with Gasteiger partial charge in [-0.05, 0) is 48.7 Å². The average molecular weight is 388 g/mol. The minimum Gasteiger partial charge on any atom is -0.478 e. The zero-order valence-electron chi connectivity index (χ0n) is 15.1. The van der Waals surface area contributed by atoms with Crippen molar-refractivity contribution in [1.82, 2.24) is 0 Å². The van der Waals surface area contributed by atoms with Crippen LogP contribution in [0.4, 0.5) is 0 Å². The predicted octanol–water partition coefficient (Wildman–Crippen LogP) is 3.78. The Bertz CT molecular complexity index is 1200. The first-order valence-corrected chi connectivity index (χ1v) is 10.4. The number of carboxylic acids is 1. The van der Waals surface area contributed by atoms with E-state index in [1.807, 2.05) is 6.92 Å². The van der Waals surface area contributed by atoms with Gasteiger partial charge in [-0.25, -0.2) is 13.2 Å². The number of hydrogen-bond acceptors (Lipinski definition) is 5. The summed E-state index contributed by atoms with van der Waals surface area (Å²) in [5, 5.41) is 9.44. The van der Waals surface area contributed by atoms with Crippen LogP contribution < -0.4 is 5.43 Å². The van der Waals surface area contributed by atoms with E-state index in [2.05, 4.69) is 0 Å². The number of aryl methyl sites for hydroxylation is 1. The molecule has 0 fully saturated rings. The molecule has 0 aliphatic rings. The summed E-state index contributed by atoms with van der Waals surface area (Å²) in [6.07, 6.45) is 1.79. The third kappa shape index (κ3) is 3.47. The van der Waals surface area contributed by atoms with Crippen LogP contribution in [0.2, 0.25) is 0 Å². The van der Waals surface area contributed by atoms with Crippen molar-refractivity contribution < 1.29 is 22.7 Å². The lowest BCUT2D eigenvalue weighted by molar-refractivity contribution is 0.0697. The van der Waals surface area contributed by atoms with Crippen molar-refractivity contribution in [2.24, 2.45) is 0 Å². The highest BCUT2D eigenvalue weighted by atomic mass is 32.2. The molecule has 3 rings (SSSR count). The lowest BCUT2D eigenvalue weighted by Crippen LogP contribution is -2.10. The van der Waals surface area contributed by atoms with E-state index >= 15 is 0 Å². The molecule has 1 N–H and O–H groups in total. The standard InChI is InChI=1S/C20H20O6S/c1-3-5-12-9-14(27(24,25)8-4-2)11-16-18(21)15-10-13(20(22)23)6-7-17(15)26-19(12)16/h6-7,9-11H,3-5,8H2,1-2H3,(H,22,23). The third-order valence-corrected chi connectivity index (χ3v) is 6.32. The first-order chi connectivity index (χ1) is 12.8. The van der Waals surface area contributed by atoms with Crippen molar-refractivity contribution in [1.29, 1.82) is 0 Å². The largest absolute Gasteiger partial charge is 0.478 e. The van der Waals surface area contributed by atoms with Crippen LogP contribution in [0.1, 0.15) is 42.6 Å². The molecule has 3 aromatic rings. The van der Waals surface area contributed by atoms with E-state index in [-0.39, 0.29) is 32.6 Å². The van der Waals surface area contributed by atoms with Crippen LogP contribution in [0.15, 0.2) is 44.4 Å². The summed E-state index contributed by atoms with van der Waals surface area (Å²) in [7, 11) is -3.51. The van der Waals surface area contributed by atoms with Crippen molar-refractivity contribution in [2.45, 2.75) is 38.0 Å². The summed E-state index contributed by atoms with van der Waals surface area (Å²) in [5.74, 6) is -1.16. The molecule has 2 aromatic carbocycles. The number of aromatic carboxylic acids is 1. The maximum atomic E-state index is 13.0. The quantitative estimate of drug-likeness (QED) is 0.645. The summed E-state index contributed by atoms with van der Waals surface area (Å²) in [6.45, 7) is 3.73. The van der Waals surface area contributed by atoms with Gasteiger partial charge in [-0.15, -0.1) is 0 Å². The molecule has 0 bridgehead atoms. The van der Waals surface area contributed by atoms with Crippen molar-refractivity contribution in [3.05, 3.63) is 51.7 Å². The van der Waals surface area contributed by atoms with Gasteiger partial charge in [0.05, 0.1) is 27.0 Å². The molecule has 0 aliphatic heterocycles. The van der Waals surface area contributed by atoms with Crippen LogP contribution in [0, 0.1) is 0 Å². The molecular weight excluding hydrogens is 368 g/mol. The third-order valence-electron chi connectivity index (χ3n) is 4.42. The van der Waals surface area contributed by atoms with E-state index in [9.17, 15) is 18.0 Å². The second kappa shape index (κ2) is 7.15. The lowest BCUT2D eigenvalue weighted by Gasteiger charge is -2.10. The van der Waals surface area contributed by atoms with Gasteiger partial charge in [0.2, 0.25) is 5.43 Å². The normalized spacial score (nSPS) is 11.9. The average Bonchev–Trinajstić information content (AvgIpc) is 2.62. The van der Waals surface area contributed by atoms with E-state index in [0.29, 0.717) is 24.0 Å². The van der Waals surface area contributed by atoms with Crippen molar-refractivity contribution in [3.63, 3.8) is 0 Å². The SMILES string of the molecule is CCCc1cc(S(=O)(=O)CCC)cc2c(=O)c3cc(C(=O)O)ccc3oc12. The molecule has 142 valence electrons. The Labute approximate surface area is 156 Å². The van der Waals surface area contributed by atoms with Gasteiger partial charge in [-0.1, -0.05) is 20.3 Å². The minimum atomic E-state index is -3.51. The maximum Gasteiger partial charge on any atom is 0.335 e. The molecule has 27 heavy (non-hydrogen) atoms. The van der Waals surface area contributed by atoms with Crippen LogP contribution in [-0.4, -0.2) is 25.2 Å². The fraction of sp³-hybridized carbons (Fsp3) is 0.300. The predicted molar refractivity (Wildman–Crippen MR) is 103 cm³/mol. The van der Waals surface area contributed by atoms with Crippen LogP contribution in [0.5, 0.6) is 0 Å². The smallest absolute Gasteiger partial charge is 0.335 e. The van der Waals surface area contributed by atoms with Gasteiger partial charge in [-0.3, -0.25) is 4.79 Å². The monoisotopic (exact) mass is 388 g/mol. The second-order valence-corrected chi connectivity index (χ2v) is 8.58. The van der Waals surface area contributed by atoms with Crippen molar-refractivity contribution in [2.75, 3.05) is 5.75 Å². The topological polar surface area (TPSA) is 102 Å². The van der Waals surface area contributed by atoms with E-state index in [1.165, 1.54) is 24.3 Å². The van der Waals surface area contributed by atoms with Crippen molar-refractivity contribution >= 4 is 37.7 Å². The number of rotatable bonds is 6. The Morgan fingerprint density at radius 1 is 1.07 bits per heavy atom. The molecule has 6 nitrogen and oxygen atoms in total. The Morgan fingerprint density at radius 2 is 1.81 bits per heavy atom. The fourth-order valence-corrected chi connectivity index (χ4v) is 4.55. The van der Waals surface area contributed by atoms with Crippen LogP contribution in [-0.2, 0) is 16.3 Å². The van der Waals surface area contributed by atoms with Gasteiger partial charge in [0, 0.05) is 0 Å². The van der Waals surface area contributed by atoms with Gasteiger partial charge in [-0.2, -0.15) is 0 Å². The van der Waals surface area contributed by atoms with Crippen molar-refractivity contribution in [3.8, 4) is 0 Å². The number of carboxylic acid groups (broad SMARTS) is 1. The van der Waals surface area contributed by atoms with E-state index in [0.717, 1.165) is 6.42 Å². The molecular formula is C20H20O6S. The molecule has 0 atom stereocenters. The molecule has 0 unspecified atom stereocenters. The molecule has 0 spiro atoms. The Morgan fingerprint density at radius 3 is 2.44 bits per heavy atom. The van der Waals surface area contributed by atoms with Crippen LogP contribution in [0.3, 0.4) is 0 Å². The number of benzene rings is 2. The highest BCUT2D eigenvalue weighted by Crippen LogP contribution is 2.27.